The number of nitrogens with one attached hydrogen (secondary N) is 1. The van der Waals surface area contributed by atoms with Crippen LogP contribution >= 0.6 is 0 Å². The van der Waals surface area contributed by atoms with E-state index in [0.29, 0.717) is 12.5 Å². The molecule has 1 saturated heterocycles. The van der Waals surface area contributed by atoms with E-state index in [1.54, 1.807) is 7.11 Å². The lowest BCUT2D eigenvalue weighted by molar-refractivity contribution is -0.122. The lowest BCUT2D eigenvalue weighted by Crippen LogP contribution is -2.49. The van der Waals surface area contributed by atoms with Crippen LogP contribution in [0.2, 0.25) is 0 Å². The van der Waals surface area contributed by atoms with Crippen LogP contribution < -0.4 is 15.0 Å². The van der Waals surface area contributed by atoms with Crippen molar-refractivity contribution in [2.75, 3.05) is 51.3 Å². The number of anilines is 1. The number of ether oxygens (including phenoxy) is 1. The fraction of sp³-hybridized carbons (Fsp3) is 0.611. The number of hydrogen-bond donors (Lipinski definition) is 1. The third kappa shape index (κ3) is 5.43. The molecule has 23 heavy (non-hydrogen) atoms. The van der Waals surface area contributed by atoms with E-state index < -0.39 is 0 Å². The van der Waals surface area contributed by atoms with E-state index in [0.717, 1.165) is 50.6 Å². The largest absolute Gasteiger partial charge is 0.495 e. The van der Waals surface area contributed by atoms with Gasteiger partial charge in [-0.05, 0) is 24.5 Å². The highest BCUT2D eigenvalue weighted by molar-refractivity contribution is 5.78. The quantitative estimate of drug-likeness (QED) is 0.835. The average molecular weight is 319 g/mol. The van der Waals surface area contributed by atoms with E-state index in [2.05, 4.69) is 35.0 Å². The van der Waals surface area contributed by atoms with Gasteiger partial charge in [-0.1, -0.05) is 26.0 Å². The summed E-state index contributed by atoms with van der Waals surface area (Å²) in [7, 11) is 1.70. The molecule has 1 aliphatic rings. The van der Waals surface area contributed by atoms with Crippen LogP contribution in [0, 0.1) is 5.92 Å². The van der Waals surface area contributed by atoms with E-state index >= 15 is 0 Å². The standard InChI is InChI=1S/C18H29N3O2/c1-15(2)8-9-19-18(22)14-20-10-12-21(13-11-20)16-6-4-5-7-17(16)23-3/h4-7,15H,8-14H2,1-3H3,(H,19,22). The fourth-order valence-corrected chi connectivity index (χ4v) is 2.80. The number of amides is 1. The van der Waals surface area contributed by atoms with Gasteiger partial charge in [-0.15, -0.1) is 0 Å². The Kier molecular flexibility index (Phi) is 6.71. The van der Waals surface area contributed by atoms with Gasteiger partial charge in [0.1, 0.15) is 5.75 Å². The maximum atomic E-state index is 12.0. The van der Waals surface area contributed by atoms with Crippen LogP contribution in [0.5, 0.6) is 5.75 Å². The molecule has 0 atom stereocenters. The molecule has 0 unspecified atom stereocenters. The summed E-state index contributed by atoms with van der Waals surface area (Å²) in [6, 6.07) is 8.10. The molecular formula is C18H29N3O2. The number of carbonyl (C=O) groups is 1. The molecule has 5 heteroatoms. The van der Waals surface area contributed by atoms with Crippen molar-refractivity contribution < 1.29 is 9.53 Å². The molecule has 1 N–H and O–H groups in total. The topological polar surface area (TPSA) is 44.8 Å². The van der Waals surface area contributed by atoms with Crippen molar-refractivity contribution in [3.8, 4) is 5.75 Å². The highest BCUT2D eigenvalue weighted by Gasteiger charge is 2.20. The molecule has 0 spiro atoms. The van der Waals surface area contributed by atoms with E-state index in [4.69, 9.17) is 4.74 Å². The van der Waals surface area contributed by atoms with E-state index in [-0.39, 0.29) is 5.91 Å². The maximum absolute atomic E-state index is 12.0. The first kappa shape index (κ1) is 17.6. The molecule has 1 heterocycles. The highest BCUT2D eigenvalue weighted by Crippen LogP contribution is 2.28. The minimum Gasteiger partial charge on any atom is -0.495 e. The Morgan fingerprint density at radius 3 is 2.57 bits per heavy atom. The van der Waals surface area contributed by atoms with Gasteiger partial charge >= 0.3 is 0 Å². The smallest absolute Gasteiger partial charge is 0.234 e. The number of benzene rings is 1. The molecule has 1 aromatic carbocycles. The van der Waals surface area contributed by atoms with Gasteiger partial charge in [0.2, 0.25) is 5.91 Å². The third-order valence-electron chi connectivity index (χ3n) is 4.21. The Morgan fingerprint density at radius 2 is 1.91 bits per heavy atom. The molecule has 0 aliphatic carbocycles. The van der Waals surface area contributed by atoms with Gasteiger partial charge in [-0.2, -0.15) is 0 Å². The Morgan fingerprint density at radius 1 is 1.22 bits per heavy atom. The lowest BCUT2D eigenvalue weighted by Gasteiger charge is -2.36. The summed E-state index contributed by atoms with van der Waals surface area (Å²) in [5.41, 5.74) is 1.14. The normalized spacial score (nSPS) is 15.7. The van der Waals surface area contributed by atoms with E-state index in [9.17, 15) is 4.79 Å². The Bertz CT molecular complexity index is 497. The summed E-state index contributed by atoms with van der Waals surface area (Å²) < 4.78 is 5.43. The summed E-state index contributed by atoms with van der Waals surface area (Å²) in [5.74, 6) is 1.67. The summed E-state index contributed by atoms with van der Waals surface area (Å²) in [5, 5.41) is 3.01. The number of hydrogen-bond acceptors (Lipinski definition) is 4. The van der Waals surface area contributed by atoms with Crippen molar-refractivity contribution in [1.82, 2.24) is 10.2 Å². The van der Waals surface area contributed by atoms with Crippen LogP contribution in [0.4, 0.5) is 5.69 Å². The SMILES string of the molecule is COc1ccccc1N1CCN(CC(=O)NCCC(C)C)CC1. The van der Waals surface area contributed by atoms with Gasteiger partial charge in [0.15, 0.2) is 0 Å². The monoisotopic (exact) mass is 319 g/mol. The third-order valence-corrected chi connectivity index (χ3v) is 4.21. The summed E-state index contributed by atoms with van der Waals surface area (Å²) in [6.45, 7) is 9.24. The molecule has 1 aliphatic heterocycles. The Labute approximate surface area is 139 Å². The van der Waals surface area contributed by atoms with E-state index in [1.165, 1.54) is 0 Å². The number of carbonyl (C=O) groups excluding carboxylic acids is 1. The van der Waals surface area contributed by atoms with Crippen LogP contribution in [0.25, 0.3) is 0 Å². The second-order valence-electron chi connectivity index (χ2n) is 6.47. The average Bonchev–Trinajstić information content (AvgIpc) is 2.55. The zero-order valence-electron chi connectivity index (χ0n) is 14.5. The first-order chi connectivity index (χ1) is 11.1. The predicted molar refractivity (Wildman–Crippen MR) is 94.1 cm³/mol. The molecule has 0 radical (unpaired) electrons. The number of para-hydroxylation sites is 2. The molecule has 2 rings (SSSR count). The summed E-state index contributed by atoms with van der Waals surface area (Å²) in [4.78, 5) is 16.5. The molecule has 1 fully saturated rings. The Hall–Kier alpha value is -1.75. The van der Waals surface area contributed by atoms with Gasteiger partial charge in [0.05, 0.1) is 19.3 Å². The molecule has 0 saturated carbocycles. The zero-order valence-corrected chi connectivity index (χ0v) is 14.5. The molecule has 5 nitrogen and oxygen atoms in total. The van der Waals surface area contributed by atoms with Gasteiger partial charge < -0.3 is 15.0 Å². The predicted octanol–water partition coefficient (Wildman–Crippen LogP) is 1.98. The van der Waals surface area contributed by atoms with Crippen LogP contribution in [-0.4, -0.2) is 57.2 Å². The van der Waals surface area contributed by atoms with Gasteiger partial charge in [-0.3, -0.25) is 9.69 Å². The minimum absolute atomic E-state index is 0.136. The number of piperazine rings is 1. The molecule has 1 aromatic rings. The van der Waals surface area contributed by atoms with Crippen LogP contribution in [0.15, 0.2) is 24.3 Å². The van der Waals surface area contributed by atoms with Crippen molar-refractivity contribution >= 4 is 11.6 Å². The summed E-state index contributed by atoms with van der Waals surface area (Å²) >= 11 is 0. The van der Waals surface area contributed by atoms with Gasteiger partial charge in [0, 0.05) is 32.7 Å². The fourth-order valence-electron chi connectivity index (χ4n) is 2.80. The van der Waals surface area contributed by atoms with Gasteiger partial charge in [0.25, 0.3) is 0 Å². The van der Waals surface area contributed by atoms with Crippen molar-refractivity contribution in [3.05, 3.63) is 24.3 Å². The molecule has 1 amide bonds. The molecule has 0 aromatic heterocycles. The second-order valence-corrected chi connectivity index (χ2v) is 6.47. The maximum Gasteiger partial charge on any atom is 0.234 e. The second kappa shape index (κ2) is 8.77. The first-order valence-corrected chi connectivity index (χ1v) is 8.47. The van der Waals surface area contributed by atoms with Crippen molar-refractivity contribution in [2.24, 2.45) is 5.92 Å². The minimum atomic E-state index is 0.136. The Balaban J connectivity index is 1.76. The van der Waals surface area contributed by atoms with Crippen LogP contribution in [0.1, 0.15) is 20.3 Å². The lowest BCUT2D eigenvalue weighted by atomic mass is 10.1. The summed E-state index contributed by atoms with van der Waals surface area (Å²) in [6.07, 6.45) is 1.04. The molecule has 0 bridgehead atoms. The highest BCUT2D eigenvalue weighted by atomic mass is 16.5. The van der Waals surface area contributed by atoms with Crippen molar-refractivity contribution in [1.29, 1.82) is 0 Å². The van der Waals surface area contributed by atoms with Gasteiger partial charge in [-0.25, -0.2) is 0 Å². The number of methoxy groups -OCH3 is 1. The number of nitrogens with zero attached hydrogens (tertiary/aromatic N) is 2. The van der Waals surface area contributed by atoms with Crippen LogP contribution in [-0.2, 0) is 4.79 Å². The molecular weight excluding hydrogens is 290 g/mol. The zero-order chi connectivity index (χ0) is 16.7. The van der Waals surface area contributed by atoms with E-state index in [1.807, 2.05) is 18.2 Å². The van der Waals surface area contributed by atoms with Crippen molar-refractivity contribution in [3.63, 3.8) is 0 Å². The number of rotatable bonds is 7. The first-order valence-electron chi connectivity index (χ1n) is 8.47. The van der Waals surface area contributed by atoms with Crippen LogP contribution in [0.3, 0.4) is 0 Å². The van der Waals surface area contributed by atoms with Crippen molar-refractivity contribution in [2.45, 2.75) is 20.3 Å². The molecule has 128 valence electrons.